The Labute approximate surface area is 81.6 Å². The average molecular weight is 253 g/mol. The van der Waals surface area contributed by atoms with Crippen LogP contribution >= 0.6 is 27.7 Å². The largest absolute Gasteiger partial charge is 0.396 e. The van der Waals surface area contributed by atoms with Gasteiger partial charge < -0.3 is 5.11 Å². The van der Waals surface area contributed by atoms with Gasteiger partial charge in [0.15, 0.2) is 0 Å². The van der Waals surface area contributed by atoms with E-state index in [1.165, 1.54) is 18.0 Å². The number of hydrogen-bond donors (Lipinski definition) is 1. The second-order valence-electron chi connectivity index (χ2n) is 1.86. The molecule has 0 spiro atoms. The molecule has 1 N–H and O–H groups in total. The lowest BCUT2D eigenvalue weighted by Gasteiger charge is -1.99. The van der Waals surface area contributed by atoms with E-state index in [4.69, 9.17) is 5.11 Å². The minimum absolute atomic E-state index is 0.0444. The molecule has 0 radical (unpaired) electrons. The SMILES string of the molecule is OCCSc1nc(F)ncc1Br. The van der Waals surface area contributed by atoms with Crippen molar-refractivity contribution in [3.05, 3.63) is 16.7 Å². The van der Waals surface area contributed by atoms with Gasteiger partial charge in [0.05, 0.1) is 11.1 Å². The lowest BCUT2D eigenvalue weighted by molar-refractivity contribution is 0.322. The number of thioether (sulfide) groups is 1. The van der Waals surface area contributed by atoms with Gasteiger partial charge >= 0.3 is 6.08 Å². The molecule has 6 heteroatoms. The predicted octanol–water partition coefficient (Wildman–Crippen LogP) is 1.46. The maximum atomic E-state index is 12.5. The van der Waals surface area contributed by atoms with E-state index in [1.54, 1.807) is 0 Å². The average Bonchev–Trinajstić information content (AvgIpc) is 2.07. The molecule has 0 amide bonds. The van der Waals surface area contributed by atoms with Crippen molar-refractivity contribution < 1.29 is 9.50 Å². The molecule has 0 aliphatic heterocycles. The Kier molecular flexibility index (Phi) is 3.90. The smallest absolute Gasteiger partial charge is 0.309 e. The van der Waals surface area contributed by atoms with E-state index < -0.39 is 6.08 Å². The van der Waals surface area contributed by atoms with Gasteiger partial charge in [0, 0.05) is 11.9 Å². The molecule has 0 aliphatic carbocycles. The number of hydrogen-bond acceptors (Lipinski definition) is 4. The number of nitrogens with zero attached hydrogens (tertiary/aromatic N) is 2. The van der Waals surface area contributed by atoms with E-state index in [0.29, 0.717) is 15.3 Å². The van der Waals surface area contributed by atoms with Crippen LogP contribution in [0.25, 0.3) is 0 Å². The summed E-state index contributed by atoms with van der Waals surface area (Å²) in [7, 11) is 0. The van der Waals surface area contributed by atoms with Crippen molar-refractivity contribution >= 4 is 27.7 Å². The van der Waals surface area contributed by atoms with Crippen molar-refractivity contribution in [3.63, 3.8) is 0 Å². The summed E-state index contributed by atoms with van der Waals surface area (Å²) in [6, 6.07) is 0. The lowest BCUT2D eigenvalue weighted by atomic mass is 10.7. The van der Waals surface area contributed by atoms with Crippen LogP contribution in [0.3, 0.4) is 0 Å². The number of aromatic nitrogens is 2. The quantitative estimate of drug-likeness (QED) is 0.503. The van der Waals surface area contributed by atoms with Crippen LogP contribution in [0.15, 0.2) is 15.7 Å². The third kappa shape index (κ3) is 2.69. The van der Waals surface area contributed by atoms with Crippen molar-refractivity contribution in [1.29, 1.82) is 0 Å². The van der Waals surface area contributed by atoms with Crippen LogP contribution in [0.1, 0.15) is 0 Å². The monoisotopic (exact) mass is 252 g/mol. The van der Waals surface area contributed by atoms with E-state index in [1.807, 2.05) is 0 Å². The van der Waals surface area contributed by atoms with Crippen LogP contribution in [0.4, 0.5) is 4.39 Å². The molecule has 0 aromatic carbocycles. The predicted molar refractivity (Wildman–Crippen MR) is 47.5 cm³/mol. The highest BCUT2D eigenvalue weighted by molar-refractivity contribution is 9.10. The molecule has 3 nitrogen and oxygen atoms in total. The maximum Gasteiger partial charge on any atom is 0.309 e. The van der Waals surface area contributed by atoms with E-state index in [9.17, 15) is 4.39 Å². The zero-order valence-corrected chi connectivity index (χ0v) is 8.40. The van der Waals surface area contributed by atoms with Crippen LogP contribution in [-0.4, -0.2) is 27.4 Å². The fourth-order valence-corrected chi connectivity index (χ4v) is 1.72. The highest BCUT2D eigenvalue weighted by Crippen LogP contribution is 2.23. The Morgan fingerprint density at radius 3 is 3.08 bits per heavy atom. The highest BCUT2D eigenvalue weighted by Gasteiger charge is 2.04. The molecule has 0 saturated heterocycles. The lowest BCUT2D eigenvalue weighted by Crippen LogP contribution is -1.93. The molecular weight excluding hydrogens is 247 g/mol. The summed E-state index contributed by atoms with van der Waals surface area (Å²) in [5.74, 6) is 0.495. The molecule has 1 heterocycles. The van der Waals surface area contributed by atoms with Gasteiger partial charge in [0.25, 0.3) is 0 Å². The first-order valence-electron chi connectivity index (χ1n) is 3.15. The van der Waals surface area contributed by atoms with Gasteiger partial charge in [0.1, 0.15) is 5.03 Å². The first-order chi connectivity index (χ1) is 5.74. The van der Waals surface area contributed by atoms with Crippen molar-refractivity contribution in [2.24, 2.45) is 0 Å². The molecule has 1 rings (SSSR count). The summed E-state index contributed by atoms with van der Waals surface area (Å²) >= 11 is 4.44. The van der Waals surface area contributed by atoms with Gasteiger partial charge in [-0.05, 0) is 15.9 Å². The Balaban J connectivity index is 2.75. The van der Waals surface area contributed by atoms with Crippen molar-refractivity contribution in [3.8, 4) is 0 Å². The third-order valence-electron chi connectivity index (χ3n) is 1.01. The van der Waals surface area contributed by atoms with Gasteiger partial charge in [-0.3, -0.25) is 0 Å². The molecule has 1 aromatic rings. The zero-order chi connectivity index (χ0) is 8.97. The summed E-state index contributed by atoms with van der Waals surface area (Å²) in [6.45, 7) is 0.0444. The van der Waals surface area contributed by atoms with E-state index in [-0.39, 0.29) is 6.61 Å². The molecule has 0 bridgehead atoms. The molecular formula is C6H6BrFN2OS. The first-order valence-corrected chi connectivity index (χ1v) is 4.93. The van der Waals surface area contributed by atoms with Gasteiger partial charge in [-0.1, -0.05) is 0 Å². The summed E-state index contributed by atoms with van der Waals surface area (Å²) < 4.78 is 13.1. The van der Waals surface area contributed by atoms with Gasteiger partial charge in [-0.25, -0.2) is 4.98 Å². The van der Waals surface area contributed by atoms with Crippen molar-refractivity contribution in [2.75, 3.05) is 12.4 Å². The fraction of sp³-hybridized carbons (Fsp3) is 0.333. The molecule has 0 atom stereocenters. The summed E-state index contributed by atoms with van der Waals surface area (Å²) in [5, 5.41) is 9.03. The van der Waals surface area contributed by atoms with E-state index in [2.05, 4.69) is 25.9 Å². The van der Waals surface area contributed by atoms with E-state index >= 15 is 0 Å². The van der Waals surface area contributed by atoms with Crippen LogP contribution < -0.4 is 0 Å². The Morgan fingerprint density at radius 1 is 1.67 bits per heavy atom. The second-order valence-corrected chi connectivity index (χ2v) is 3.80. The Hall–Kier alpha value is -0.200. The number of aliphatic hydroxyl groups is 1. The van der Waals surface area contributed by atoms with Crippen LogP contribution in [-0.2, 0) is 0 Å². The molecule has 0 fully saturated rings. The topological polar surface area (TPSA) is 46.0 Å². The zero-order valence-electron chi connectivity index (χ0n) is 6.00. The first kappa shape index (κ1) is 9.88. The maximum absolute atomic E-state index is 12.5. The molecule has 66 valence electrons. The minimum atomic E-state index is -0.751. The molecule has 1 aromatic heterocycles. The van der Waals surface area contributed by atoms with Crippen LogP contribution in [0, 0.1) is 6.08 Å². The van der Waals surface area contributed by atoms with Gasteiger partial charge in [0.2, 0.25) is 0 Å². The number of rotatable bonds is 3. The Bertz CT molecular complexity index is 274. The molecule has 0 unspecified atom stereocenters. The van der Waals surface area contributed by atoms with Crippen LogP contribution in [0.2, 0.25) is 0 Å². The fourth-order valence-electron chi connectivity index (χ4n) is 0.575. The minimum Gasteiger partial charge on any atom is -0.396 e. The van der Waals surface area contributed by atoms with Gasteiger partial charge in [-0.2, -0.15) is 9.37 Å². The van der Waals surface area contributed by atoms with Crippen molar-refractivity contribution in [2.45, 2.75) is 5.03 Å². The summed E-state index contributed by atoms with van der Waals surface area (Å²) in [4.78, 5) is 6.88. The number of aliphatic hydroxyl groups excluding tert-OH is 1. The van der Waals surface area contributed by atoms with Crippen molar-refractivity contribution in [1.82, 2.24) is 9.97 Å². The summed E-state index contributed by atoms with van der Waals surface area (Å²) in [5.41, 5.74) is 0. The number of halogens is 2. The molecule has 0 aliphatic rings. The highest BCUT2D eigenvalue weighted by atomic mass is 79.9. The Morgan fingerprint density at radius 2 is 2.42 bits per heavy atom. The summed E-state index contributed by atoms with van der Waals surface area (Å²) in [6.07, 6.45) is 0.598. The third-order valence-corrected chi connectivity index (χ3v) is 2.83. The second kappa shape index (κ2) is 4.74. The standard InChI is InChI=1S/C6H6BrFN2OS/c7-4-3-9-6(8)10-5(4)12-2-1-11/h3,11H,1-2H2. The molecule has 0 saturated carbocycles. The van der Waals surface area contributed by atoms with Gasteiger partial charge in [-0.15, -0.1) is 11.8 Å². The normalized spacial score (nSPS) is 10.2. The van der Waals surface area contributed by atoms with Crippen LogP contribution in [0.5, 0.6) is 0 Å². The van der Waals surface area contributed by atoms with E-state index in [0.717, 1.165) is 0 Å². The molecule has 12 heavy (non-hydrogen) atoms.